The molecule has 112 valence electrons. The molecule has 7 heteroatoms. The van der Waals surface area contributed by atoms with Gasteiger partial charge >= 0.3 is 0 Å². The van der Waals surface area contributed by atoms with E-state index in [2.05, 4.69) is 26.5 Å². The van der Waals surface area contributed by atoms with Crippen LogP contribution >= 0.6 is 15.9 Å². The molecular formula is C15H12BrN3O3. The van der Waals surface area contributed by atoms with Crippen LogP contribution in [0.4, 0.5) is 5.69 Å². The van der Waals surface area contributed by atoms with E-state index in [1.807, 2.05) is 0 Å². The number of benzene rings is 2. The Hall–Kier alpha value is -2.54. The molecule has 3 N–H and O–H groups in total. The van der Waals surface area contributed by atoms with Gasteiger partial charge in [0.25, 0.3) is 5.91 Å². The summed E-state index contributed by atoms with van der Waals surface area (Å²) in [6.07, 6.45) is 1.52. The molecule has 0 unspecified atom stereocenters. The third-order valence-electron chi connectivity index (χ3n) is 3.07. The number of fused-ring (bicyclic) bond motifs is 1. The van der Waals surface area contributed by atoms with Crippen molar-refractivity contribution < 1.29 is 14.3 Å². The van der Waals surface area contributed by atoms with Crippen LogP contribution in [0.3, 0.4) is 0 Å². The minimum absolute atomic E-state index is 0.201. The quantitative estimate of drug-likeness (QED) is 0.499. The third kappa shape index (κ3) is 2.89. The van der Waals surface area contributed by atoms with Gasteiger partial charge in [-0.3, -0.25) is 4.79 Å². The van der Waals surface area contributed by atoms with Gasteiger partial charge in [-0.25, -0.2) is 5.43 Å². The molecule has 3 rings (SSSR count). The number of carbonyl (C=O) groups excluding carboxylic acids is 1. The molecule has 0 aromatic heterocycles. The predicted molar refractivity (Wildman–Crippen MR) is 86.2 cm³/mol. The van der Waals surface area contributed by atoms with Crippen LogP contribution in [0.1, 0.15) is 15.9 Å². The van der Waals surface area contributed by atoms with Gasteiger partial charge in [-0.2, -0.15) is 5.10 Å². The molecule has 0 bridgehead atoms. The van der Waals surface area contributed by atoms with Crippen LogP contribution in [-0.2, 0) is 0 Å². The van der Waals surface area contributed by atoms with E-state index < -0.39 is 0 Å². The maximum atomic E-state index is 12.0. The Labute approximate surface area is 135 Å². The van der Waals surface area contributed by atoms with E-state index in [0.29, 0.717) is 22.7 Å². The molecule has 1 aliphatic rings. The van der Waals surface area contributed by atoms with E-state index >= 15 is 0 Å². The summed E-state index contributed by atoms with van der Waals surface area (Å²) < 4.78 is 11.4. The Bertz CT molecular complexity index is 762. The summed E-state index contributed by atoms with van der Waals surface area (Å²) in [4.78, 5) is 12.0. The lowest BCUT2D eigenvalue weighted by Gasteiger charge is -2.04. The lowest BCUT2D eigenvalue weighted by molar-refractivity contribution is 0.0956. The zero-order valence-corrected chi connectivity index (χ0v) is 13.0. The second-order valence-electron chi connectivity index (χ2n) is 4.51. The van der Waals surface area contributed by atoms with Crippen LogP contribution in [0.5, 0.6) is 11.5 Å². The van der Waals surface area contributed by atoms with Crippen molar-refractivity contribution in [1.82, 2.24) is 5.43 Å². The number of nitrogen functional groups attached to an aromatic ring is 1. The molecule has 0 atom stereocenters. The number of carbonyl (C=O) groups is 1. The van der Waals surface area contributed by atoms with Crippen molar-refractivity contribution in [2.45, 2.75) is 0 Å². The zero-order chi connectivity index (χ0) is 15.5. The maximum absolute atomic E-state index is 12.0. The number of ether oxygens (including phenoxy) is 2. The van der Waals surface area contributed by atoms with E-state index in [1.165, 1.54) is 6.21 Å². The highest BCUT2D eigenvalue weighted by atomic mass is 79.9. The number of rotatable bonds is 3. The van der Waals surface area contributed by atoms with E-state index in [4.69, 9.17) is 15.2 Å². The minimum Gasteiger partial charge on any atom is -0.454 e. The average Bonchev–Trinajstić information content (AvgIpc) is 2.94. The van der Waals surface area contributed by atoms with E-state index in [0.717, 1.165) is 10.0 Å². The van der Waals surface area contributed by atoms with Crippen LogP contribution in [0, 0.1) is 0 Å². The molecule has 0 spiro atoms. The number of nitrogens with zero attached hydrogens (tertiary/aromatic N) is 1. The molecule has 6 nitrogen and oxygen atoms in total. The largest absolute Gasteiger partial charge is 0.454 e. The number of halogens is 1. The number of hydrogen-bond acceptors (Lipinski definition) is 5. The highest BCUT2D eigenvalue weighted by Gasteiger charge is 2.15. The van der Waals surface area contributed by atoms with Crippen LogP contribution in [0.25, 0.3) is 0 Å². The number of anilines is 1. The van der Waals surface area contributed by atoms with Crippen LogP contribution in [0.2, 0.25) is 0 Å². The fourth-order valence-electron chi connectivity index (χ4n) is 1.96. The Morgan fingerprint density at radius 2 is 2.00 bits per heavy atom. The van der Waals surface area contributed by atoms with Crippen molar-refractivity contribution in [2.75, 3.05) is 12.5 Å². The van der Waals surface area contributed by atoms with Gasteiger partial charge in [-0.15, -0.1) is 0 Å². The highest BCUT2D eigenvalue weighted by Crippen LogP contribution is 2.36. The SMILES string of the molecule is Nc1ccccc1C(=O)N/N=C\c1cc2c(cc1Br)OCO2. The zero-order valence-electron chi connectivity index (χ0n) is 11.4. The molecule has 0 saturated carbocycles. The van der Waals surface area contributed by atoms with Crippen LogP contribution < -0.4 is 20.6 Å². The number of hydrogen-bond donors (Lipinski definition) is 2. The Morgan fingerprint density at radius 1 is 1.27 bits per heavy atom. The molecule has 0 aliphatic carbocycles. The Morgan fingerprint density at radius 3 is 2.77 bits per heavy atom. The first-order chi connectivity index (χ1) is 10.6. The number of hydrazone groups is 1. The maximum Gasteiger partial charge on any atom is 0.273 e. The van der Waals surface area contributed by atoms with Gasteiger partial charge in [0.1, 0.15) is 0 Å². The van der Waals surface area contributed by atoms with E-state index in [-0.39, 0.29) is 12.7 Å². The summed E-state index contributed by atoms with van der Waals surface area (Å²) in [6, 6.07) is 10.4. The first-order valence-electron chi connectivity index (χ1n) is 6.42. The molecule has 0 saturated heterocycles. The van der Waals surface area contributed by atoms with Crippen LogP contribution in [0.15, 0.2) is 46.0 Å². The minimum atomic E-state index is -0.369. The molecule has 2 aromatic rings. The predicted octanol–water partition coefficient (Wildman–Crippen LogP) is 2.52. The smallest absolute Gasteiger partial charge is 0.273 e. The van der Waals surface area contributed by atoms with E-state index in [9.17, 15) is 4.79 Å². The second-order valence-corrected chi connectivity index (χ2v) is 5.37. The van der Waals surface area contributed by atoms with Gasteiger partial charge in [0.2, 0.25) is 6.79 Å². The molecule has 22 heavy (non-hydrogen) atoms. The normalized spacial score (nSPS) is 12.6. The molecule has 0 radical (unpaired) electrons. The lowest BCUT2D eigenvalue weighted by atomic mass is 10.2. The topological polar surface area (TPSA) is 85.9 Å². The molecule has 2 aromatic carbocycles. The van der Waals surface area contributed by atoms with Crippen molar-refractivity contribution in [2.24, 2.45) is 5.10 Å². The average molecular weight is 362 g/mol. The number of amides is 1. The first-order valence-corrected chi connectivity index (χ1v) is 7.21. The monoisotopic (exact) mass is 361 g/mol. The Kier molecular flexibility index (Phi) is 3.97. The van der Waals surface area contributed by atoms with Crippen LogP contribution in [-0.4, -0.2) is 18.9 Å². The van der Waals surface area contributed by atoms with Gasteiger partial charge < -0.3 is 15.2 Å². The van der Waals surface area contributed by atoms with E-state index in [1.54, 1.807) is 36.4 Å². The second kappa shape index (κ2) is 6.07. The third-order valence-corrected chi connectivity index (χ3v) is 3.75. The molecular weight excluding hydrogens is 350 g/mol. The van der Waals surface area contributed by atoms with Crippen molar-refractivity contribution in [3.05, 3.63) is 52.0 Å². The van der Waals surface area contributed by atoms with Gasteiger partial charge in [-0.05, 0) is 40.2 Å². The number of para-hydroxylation sites is 1. The van der Waals surface area contributed by atoms with Crippen molar-refractivity contribution in [3.8, 4) is 11.5 Å². The van der Waals surface area contributed by atoms with Gasteiger partial charge in [0, 0.05) is 15.7 Å². The van der Waals surface area contributed by atoms with Gasteiger partial charge in [0.15, 0.2) is 11.5 Å². The number of nitrogens with two attached hydrogens (primary N) is 1. The lowest BCUT2D eigenvalue weighted by Crippen LogP contribution is -2.19. The highest BCUT2D eigenvalue weighted by molar-refractivity contribution is 9.10. The Balaban J connectivity index is 1.73. The molecule has 1 heterocycles. The van der Waals surface area contributed by atoms with Gasteiger partial charge in [-0.1, -0.05) is 12.1 Å². The number of nitrogens with one attached hydrogen (secondary N) is 1. The first kappa shape index (κ1) is 14.4. The molecule has 1 aliphatic heterocycles. The fourth-order valence-corrected chi connectivity index (χ4v) is 2.38. The summed E-state index contributed by atoms with van der Waals surface area (Å²) in [5, 5.41) is 3.94. The van der Waals surface area contributed by atoms with Gasteiger partial charge in [0.05, 0.1) is 11.8 Å². The van der Waals surface area contributed by atoms with Crippen molar-refractivity contribution in [1.29, 1.82) is 0 Å². The summed E-state index contributed by atoms with van der Waals surface area (Å²) >= 11 is 3.41. The summed E-state index contributed by atoms with van der Waals surface area (Å²) in [5.74, 6) is 0.944. The summed E-state index contributed by atoms with van der Waals surface area (Å²) in [5.41, 5.74) is 9.72. The standard InChI is InChI=1S/C15H12BrN3O3/c16-11-6-14-13(21-8-22-14)5-9(11)7-18-19-15(20)10-3-1-2-4-12(10)17/h1-7H,8,17H2,(H,19,20)/b18-7-. The molecule has 0 fully saturated rings. The molecule has 1 amide bonds. The summed E-state index contributed by atoms with van der Waals surface area (Å²) in [6.45, 7) is 0.201. The summed E-state index contributed by atoms with van der Waals surface area (Å²) in [7, 11) is 0. The van der Waals surface area contributed by atoms with Crippen molar-refractivity contribution >= 4 is 33.7 Å². The fraction of sp³-hybridized carbons (Fsp3) is 0.0667. The van der Waals surface area contributed by atoms with Crippen molar-refractivity contribution in [3.63, 3.8) is 0 Å².